The molecule has 0 radical (unpaired) electrons. The van der Waals surface area contributed by atoms with Crippen LogP contribution in [0.1, 0.15) is 29.3 Å². The van der Waals surface area contributed by atoms with Crippen molar-refractivity contribution in [3.63, 3.8) is 0 Å². The molecule has 1 aliphatic heterocycles. The number of H-pyrrole nitrogens is 1. The molecule has 2 aromatic carbocycles. The Hall–Kier alpha value is -3.41. The van der Waals surface area contributed by atoms with Crippen molar-refractivity contribution in [2.75, 3.05) is 11.4 Å². The second kappa shape index (κ2) is 7.68. The first-order valence-electron chi connectivity index (χ1n) is 9.37. The summed E-state index contributed by atoms with van der Waals surface area (Å²) < 4.78 is 5.55. The van der Waals surface area contributed by atoms with Crippen LogP contribution in [-0.2, 0) is 16.0 Å². The largest absolute Gasteiger partial charge is 0.449 e. The number of anilines is 1. The van der Waals surface area contributed by atoms with Gasteiger partial charge in [-0.1, -0.05) is 37.3 Å². The summed E-state index contributed by atoms with van der Waals surface area (Å²) in [6, 6.07) is 14.8. The van der Waals surface area contributed by atoms with Crippen molar-refractivity contribution in [1.29, 1.82) is 0 Å². The standard InChI is InChI=1S/C22H21N3O3/c1-2-19(21(26)25-14-11-15-5-3-4-6-18(15)25)28-22(27)17-9-7-16(8-10-17)20-23-12-13-24-20/h3-10,12-13,19H,2,11,14H2,1H3,(H,23,24). The van der Waals surface area contributed by atoms with Crippen LogP contribution in [0.2, 0.25) is 0 Å². The highest BCUT2D eigenvalue weighted by atomic mass is 16.5. The average molecular weight is 375 g/mol. The van der Waals surface area contributed by atoms with Crippen LogP contribution < -0.4 is 4.90 Å². The van der Waals surface area contributed by atoms with Crippen LogP contribution in [-0.4, -0.2) is 34.5 Å². The number of hydrogen-bond acceptors (Lipinski definition) is 4. The van der Waals surface area contributed by atoms with E-state index in [1.807, 2.05) is 31.2 Å². The monoisotopic (exact) mass is 375 g/mol. The molecule has 0 saturated carbocycles. The Bertz CT molecular complexity index is 981. The van der Waals surface area contributed by atoms with Gasteiger partial charge in [-0.3, -0.25) is 4.79 Å². The van der Waals surface area contributed by atoms with E-state index in [1.54, 1.807) is 41.6 Å². The van der Waals surface area contributed by atoms with Gasteiger partial charge in [0.1, 0.15) is 5.82 Å². The van der Waals surface area contributed by atoms with Gasteiger partial charge in [0.05, 0.1) is 5.56 Å². The van der Waals surface area contributed by atoms with Gasteiger partial charge in [0.25, 0.3) is 5.91 Å². The first-order valence-corrected chi connectivity index (χ1v) is 9.37. The lowest BCUT2D eigenvalue weighted by Gasteiger charge is -2.23. The first kappa shape index (κ1) is 18.0. The number of nitrogens with one attached hydrogen (secondary N) is 1. The second-order valence-electron chi connectivity index (χ2n) is 6.69. The van der Waals surface area contributed by atoms with Crippen LogP contribution in [0.4, 0.5) is 5.69 Å². The quantitative estimate of drug-likeness (QED) is 0.692. The lowest BCUT2D eigenvalue weighted by Crippen LogP contribution is -2.40. The fourth-order valence-electron chi connectivity index (χ4n) is 3.43. The van der Waals surface area contributed by atoms with Crippen molar-refractivity contribution in [3.05, 3.63) is 72.1 Å². The van der Waals surface area contributed by atoms with Gasteiger partial charge in [0.15, 0.2) is 6.10 Å². The van der Waals surface area contributed by atoms with Crippen molar-refractivity contribution >= 4 is 17.6 Å². The molecule has 1 atom stereocenters. The topological polar surface area (TPSA) is 75.3 Å². The normalized spacial score (nSPS) is 13.8. The van der Waals surface area contributed by atoms with E-state index < -0.39 is 12.1 Å². The summed E-state index contributed by atoms with van der Waals surface area (Å²) in [5, 5.41) is 0. The van der Waals surface area contributed by atoms with E-state index in [1.165, 1.54) is 0 Å². The van der Waals surface area contributed by atoms with Gasteiger partial charge in [-0.2, -0.15) is 0 Å². The van der Waals surface area contributed by atoms with Crippen LogP contribution in [0.5, 0.6) is 0 Å². The number of fused-ring (bicyclic) bond motifs is 1. The van der Waals surface area contributed by atoms with Gasteiger partial charge in [0.2, 0.25) is 0 Å². The predicted molar refractivity (Wildman–Crippen MR) is 106 cm³/mol. The maximum Gasteiger partial charge on any atom is 0.338 e. The molecular formula is C22H21N3O3. The molecule has 3 aromatic rings. The minimum Gasteiger partial charge on any atom is -0.449 e. The molecular weight excluding hydrogens is 354 g/mol. The zero-order valence-corrected chi connectivity index (χ0v) is 15.6. The van der Waals surface area contributed by atoms with E-state index >= 15 is 0 Å². The van der Waals surface area contributed by atoms with Crippen molar-refractivity contribution in [2.24, 2.45) is 0 Å². The maximum atomic E-state index is 13.0. The van der Waals surface area contributed by atoms with Crippen LogP contribution >= 0.6 is 0 Å². The lowest BCUT2D eigenvalue weighted by molar-refractivity contribution is -0.127. The number of carbonyl (C=O) groups excluding carboxylic acids is 2. The number of ether oxygens (including phenoxy) is 1. The minimum atomic E-state index is -0.802. The Morgan fingerprint density at radius 3 is 2.68 bits per heavy atom. The molecule has 1 N–H and O–H groups in total. The summed E-state index contributed by atoms with van der Waals surface area (Å²) >= 11 is 0. The number of rotatable bonds is 5. The maximum absolute atomic E-state index is 13.0. The highest BCUT2D eigenvalue weighted by Gasteiger charge is 2.31. The van der Waals surface area contributed by atoms with Gasteiger partial charge in [0, 0.05) is 30.2 Å². The van der Waals surface area contributed by atoms with E-state index in [9.17, 15) is 9.59 Å². The zero-order valence-electron chi connectivity index (χ0n) is 15.6. The molecule has 0 aliphatic carbocycles. The molecule has 2 heterocycles. The Morgan fingerprint density at radius 1 is 1.18 bits per heavy atom. The number of aromatic nitrogens is 2. The predicted octanol–water partition coefficient (Wildman–Crippen LogP) is 3.60. The molecule has 0 bridgehead atoms. The molecule has 4 rings (SSSR count). The van der Waals surface area contributed by atoms with Crippen LogP contribution in [0.15, 0.2) is 60.9 Å². The first-order chi connectivity index (χ1) is 13.7. The molecule has 142 valence electrons. The highest BCUT2D eigenvalue weighted by Crippen LogP contribution is 2.28. The zero-order chi connectivity index (χ0) is 19.5. The Balaban J connectivity index is 1.46. The van der Waals surface area contributed by atoms with Crippen molar-refractivity contribution in [1.82, 2.24) is 9.97 Å². The molecule has 1 unspecified atom stereocenters. The SMILES string of the molecule is CCC(OC(=O)c1ccc(-c2ncc[nH]2)cc1)C(=O)N1CCc2ccccc21. The van der Waals surface area contributed by atoms with Gasteiger partial charge >= 0.3 is 5.97 Å². The van der Waals surface area contributed by atoms with E-state index in [-0.39, 0.29) is 5.91 Å². The number of para-hydroxylation sites is 1. The summed E-state index contributed by atoms with van der Waals surface area (Å²) in [4.78, 5) is 34.4. The number of carbonyl (C=O) groups is 2. The van der Waals surface area contributed by atoms with Gasteiger partial charge in [-0.25, -0.2) is 9.78 Å². The third-order valence-corrected chi connectivity index (χ3v) is 4.94. The highest BCUT2D eigenvalue weighted by molar-refractivity contribution is 6.00. The summed E-state index contributed by atoms with van der Waals surface area (Å²) in [7, 11) is 0. The summed E-state index contributed by atoms with van der Waals surface area (Å²) in [6.07, 6.45) is 3.86. The molecule has 0 spiro atoms. The number of nitrogens with zero attached hydrogens (tertiary/aromatic N) is 2. The third-order valence-electron chi connectivity index (χ3n) is 4.94. The lowest BCUT2D eigenvalue weighted by atomic mass is 10.1. The molecule has 6 nitrogen and oxygen atoms in total. The molecule has 1 amide bonds. The fraction of sp³-hybridized carbons (Fsp3) is 0.227. The molecule has 1 aromatic heterocycles. The van der Waals surface area contributed by atoms with E-state index in [0.717, 1.165) is 29.1 Å². The molecule has 0 fully saturated rings. The van der Waals surface area contributed by atoms with Gasteiger partial charge in [-0.05, 0) is 36.6 Å². The van der Waals surface area contributed by atoms with Crippen molar-refractivity contribution in [3.8, 4) is 11.4 Å². The van der Waals surface area contributed by atoms with E-state index in [2.05, 4.69) is 9.97 Å². The molecule has 28 heavy (non-hydrogen) atoms. The molecule has 0 saturated heterocycles. The number of imidazole rings is 1. The van der Waals surface area contributed by atoms with Crippen LogP contribution in [0.25, 0.3) is 11.4 Å². The van der Waals surface area contributed by atoms with E-state index in [4.69, 9.17) is 4.74 Å². The van der Waals surface area contributed by atoms with Gasteiger partial charge < -0.3 is 14.6 Å². The number of benzene rings is 2. The second-order valence-corrected chi connectivity index (χ2v) is 6.69. The number of esters is 1. The van der Waals surface area contributed by atoms with Crippen molar-refractivity contribution < 1.29 is 14.3 Å². The summed E-state index contributed by atoms with van der Waals surface area (Å²) in [5.41, 5.74) is 3.33. The molecule has 6 heteroatoms. The summed E-state index contributed by atoms with van der Waals surface area (Å²) in [6.45, 7) is 2.46. The van der Waals surface area contributed by atoms with Gasteiger partial charge in [-0.15, -0.1) is 0 Å². The molecule has 1 aliphatic rings. The van der Waals surface area contributed by atoms with Crippen molar-refractivity contribution in [2.45, 2.75) is 25.9 Å². The summed E-state index contributed by atoms with van der Waals surface area (Å²) in [5.74, 6) is 0.0564. The Kier molecular flexibility index (Phi) is 4.93. The number of aromatic amines is 1. The minimum absolute atomic E-state index is 0.173. The van der Waals surface area contributed by atoms with Crippen LogP contribution in [0, 0.1) is 0 Å². The van der Waals surface area contributed by atoms with Crippen LogP contribution in [0.3, 0.4) is 0 Å². The number of amides is 1. The Morgan fingerprint density at radius 2 is 1.96 bits per heavy atom. The average Bonchev–Trinajstić information content (AvgIpc) is 3.41. The fourth-order valence-corrected chi connectivity index (χ4v) is 3.43. The Labute approximate surface area is 163 Å². The van der Waals surface area contributed by atoms with E-state index in [0.29, 0.717) is 18.5 Å². The smallest absolute Gasteiger partial charge is 0.338 e. The third kappa shape index (κ3) is 3.41. The number of hydrogen-bond donors (Lipinski definition) is 1.